The number of nitrogens with one attached hydrogen (secondary N) is 2. The van der Waals surface area contributed by atoms with Crippen LogP contribution in [-0.2, 0) is 0 Å². The van der Waals surface area contributed by atoms with Crippen LogP contribution in [0.2, 0.25) is 0 Å². The fourth-order valence-corrected chi connectivity index (χ4v) is 2.30. The zero-order valence-electron chi connectivity index (χ0n) is 14.6. The van der Waals surface area contributed by atoms with Gasteiger partial charge in [-0.05, 0) is 38.1 Å². The summed E-state index contributed by atoms with van der Waals surface area (Å²) in [6.07, 6.45) is 1.65. The van der Waals surface area contributed by atoms with Crippen LogP contribution >= 0.6 is 0 Å². The van der Waals surface area contributed by atoms with Crippen LogP contribution in [0.1, 0.15) is 30.9 Å². The highest BCUT2D eigenvalue weighted by atomic mass is 15.3. The normalized spacial score (nSPS) is 11.1. The van der Waals surface area contributed by atoms with Crippen LogP contribution in [0, 0.1) is 6.92 Å². The van der Waals surface area contributed by atoms with Gasteiger partial charge in [-0.15, -0.1) is 5.10 Å². The Bertz CT molecular complexity index is 639. The Balaban J connectivity index is 2.15. The second-order valence-electron chi connectivity index (χ2n) is 6.21. The van der Waals surface area contributed by atoms with E-state index in [-0.39, 0.29) is 0 Å². The van der Waals surface area contributed by atoms with E-state index in [1.807, 2.05) is 14.1 Å². The maximum atomic E-state index is 4.49. The van der Waals surface area contributed by atoms with Gasteiger partial charge in [0.2, 0.25) is 5.95 Å². The summed E-state index contributed by atoms with van der Waals surface area (Å²) in [7, 11) is 4.06. The molecule has 0 unspecified atom stereocenters. The number of likely N-dealkylation sites (N-methyl/N-ethyl adjacent to an activating group) is 1. The third-order valence-corrected chi connectivity index (χ3v) is 3.58. The monoisotopic (exact) mass is 314 g/mol. The Morgan fingerprint density at radius 2 is 2.00 bits per heavy atom. The summed E-state index contributed by atoms with van der Waals surface area (Å²) >= 11 is 0. The predicted octanol–water partition coefficient (Wildman–Crippen LogP) is 3.02. The van der Waals surface area contributed by atoms with E-state index in [1.165, 1.54) is 11.1 Å². The fraction of sp³-hybridized carbons (Fsp3) is 0.471. The first-order valence-corrected chi connectivity index (χ1v) is 7.92. The summed E-state index contributed by atoms with van der Waals surface area (Å²) in [6, 6.07) is 6.33. The van der Waals surface area contributed by atoms with E-state index in [0.717, 1.165) is 18.8 Å². The highest BCUT2D eigenvalue weighted by molar-refractivity contribution is 5.65. The minimum absolute atomic E-state index is 0.435. The molecular weight excluding hydrogens is 288 g/mol. The van der Waals surface area contributed by atoms with Crippen molar-refractivity contribution in [2.45, 2.75) is 26.7 Å². The Labute approximate surface area is 138 Å². The number of rotatable bonds is 7. The van der Waals surface area contributed by atoms with E-state index >= 15 is 0 Å². The predicted molar refractivity (Wildman–Crippen MR) is 95.4 cm³/mol. The third kappa shape index (κ3) is 4.89. The van der Waals surface area contributed by atoms with Gasteiger partial charge >= 0.3 is 0 Å². The van der Waals surface area contributed by atoms with Crippen LogP contribution in [0.3, 0.4) is 0 Å². The van der Waals surface area contributed by atoms with Crippen molar-refractivity contribution in [3.63, 3.8) is 0 Å². The second kappa shape index (κ2) is 7.87. The lowest BCUT2D eigenvalue weighted by molar-refractivity contribution is 0.425. The highest BCUT2D eigenvalue weighted by Gasteiger charge is 2.10. The average molecular weight is 314 g/mol. The number of aromatic nitrogens is 3. The Hall–Kier alpha value is -2.21. The number of aryl methyl sites for hydroxylation is 1. The van der Waals surface area contributed by atoms with E-state index in [1.54, 1.807) is 6.20 Å². The molecule has 2 aromatic rings. The molecule has 6 nitrogen and oxygen atoms in total. The van der Waals surface area contributed by atoms with Gasteiger partial charge in [-0.3, -0.25) is 0 Å². The molecule has 0 atom stereocenters. The highest BCUT2D eigenvalue weighted by Crippen LogP contribution is 2.29. The largest absolute Gasteiger partial charge is 0.352 e. The molecule has 0 fully saturated rings. The van der Waals surface area contributed by atoms with E-state index in [2.05, 4.69) is 69.7 Å². The SMILES string of the molecule is Cc1cccc(C(C)C)c1Nc1cnnc(NCCN(C)C)n1. The van der Waals surface area contributed by atoms with Crippen molar-refractivity contribution >= 4 is 17.5 Å². The van der Waals surface area contributed by atoms with Crippen LogP contribution in [0.25, 0.3) is 0 Å². The van der Waals surface area contributed by atoms with Gasteiger partial charge in [0.25, 0.3) is 0 Å². The second-order valence-corrected chi connectivity index (χ2v) is 6.21. The molecule has 0 saturated heterocycles. The molecule has 1 aromatic heterocycles. The number of para-hydroxylation sites is 1. The summed E-state index contributed by atoms with van der Waals surface area (Å²) in [5.41, 5.74) is 3.56. The van der Waals surface area contributed by atoms with E-state index in [4.69, 9.17) is 0 Å². The molecule has 23 heavy (non-hydrogen) atoms. The molecule has 0 amide bonds. The van der Waals surface area contributed by atoms with Crippen LogP contribution < -0.4 is 10.6 Å². The van der Waals surface area contributed by atoms with Crippen molar-refractivity contribution in [1.82, 2.24) is 20.1 Å². The van der Waals surface area contributed by atoms with Crippen molar-refractivity contribution < 1.29 is 0 Å². The van der Waals surface area contributed by atoms with Crippen molar-refractivity contribution in [3.8, 4) is 0 Å². The molecule has 0 aliphatic carbocycles. The number of anilines is 3. The zero-order chi connectivity index (χ0) is 16.8. The van der Waals surface area contributed by atoms with E-state index in [9.17, 15) is 0 Å². The lowest BCUT2D eigenvalue weighted by Gasteiger charge is -2.17. The van der Waals surface area contributed by atoms with Crippen LogP contribution in [-0.4, -0.2) is 47.3 Å². The Morgan fingerprint density at radius 1 is 1.22 bits per heavy atom. The first kappa shape index (κ1) is 17.1. The summed E-state index contributed by atoms with van der Waals surface area (Å²) in [5, 5.41) is 14.6. The van der Waals surface area contributed by atoms with E-state index < -0.39 is 0 Å². The van der Waals surface area contributed by atoms with Crippen LogP contribution in [0.5, 0.6) is 0 Å². The van der Waals surface area contributed by atoms with Gasteiger partial charge in [0.15, 0.2) is 5.82 Å². The third-order valence-electron chi connectivity index (χ3n) is 3.58. The molecule has 6 heteroatoms. The molecular formula is C17H26N6. The number of hydrogen-bond donors (Lipinski definition) is 2. The first-order valence-electron chi connectivity index (χ1n) is 7.92. The van der Waals surface area contributed by atoms with E-state index in [0.29, 0.717) is 17.7 Å². The topological polar surface area (TPSA) is 66.0 Å². The van der Waals surface area contributed by atoms with Crippen molar-refractivity contribution in [2.24, 2.45) is 0 Å². The molecule has 0 bridgehead atoms. The number of nitrogens with zero attached hydrogens (tertiary/aromatic N) is 4. The molecule has 1 heterocycles. The lowest BCUT2D eigenvalue weighted by Crippen LogP contribution is -2.21. The molecule has 2 N–H and O–H groups in total. The van der Waals surface area contributed by atoms with Gasteiger partial charge in [0, 0.05) is 18.8 Å². The average Bonchev–Trinajstić information content (AvgIpc) is 2.49. The molecule has 0 radical (unpaired) electrons. The molecule has 0 spiro atoms. The van der Waals surface area contributed by atoms with Gasteiger partial charge in [0.1, 0.15) is 0 Å². The smallest absolute Gasteiger partial charge is 0.244 e. The quantitative estimate of drug-likeness (QED) is 0.819. The summed E-state index contributed by atoms with van der Waals surface area (Å²) in [4.78, 5) is 6.59. The summed E-state index contributed by atoms with van der Waals surface area (Å²) in [6.45, 7) is 8.16. The van der Waals surface area contributed by atoms with Crippen molar-refractivity contribution in [1.29, 1.82) is 0 Å². The Morgan fingerprint density at radius 3 is 2.70 bits per heavy atom. The maximum Gasteiger partial charge on any atom is 0.244 e. The standard InChI is InChI=1S/C17H26N6/c1-12(2)14-8-6-7-13(3)16(14)20-15-11-19-22-17(21-15)18-9-10-23(4)5/h6-8,11-12H,9-10H2,1-5H3,(H2,18,20,21,22). The van der Waals surface area contributed by atoms with Gasteiger partial charge in [-0.25, -0.2) is 0 Å². The molecule has 2 rings (SSSR count). The summed E-state index contributed by atoms with van der Waals surface area (Å²) in [5.74, 6) is 1.67. The number of hydrogen-bond acceptors (Lipinski definition) is 6. The lowest BCUT2D eigenvalue weighted by atomic mass is 9.98. The number of benzene rings is 1. The molecule has 0 aliphatic heterocycles. The van der Waals surface area contributed by atoms with Gasteiger partial charge in [0.05, 0.1) is 6.20 Å². The first-order chi connectivity index (χ1) is 11.0. The summed E-state index contributed by atoms with van der Waals surface area (Å²) < 4.78 is 0. The van der Waals surface area contributed by atoms with Crippen molar-refractivity contribution in [2.75, 3.05) is 37.8 Å². The molecule has 1 aromatic carbocycles. The van der Waals surface area contributed by atoms with Crippen LogP contribution in [0.15, 0.2) is 24.4 Å². The van der Waals surface area contributed by atoms with Crippen molar-refractivity contribution in [3.05, 3.63) is 35.5 Å². The zero-order valence-corrected chi connectivity index (χ0v) is 14.6. The van der Waals surface area contributed by atoms with Gasteiger partial charge in [-0.1, -0.05) is 32.0 Å². The molecule has 0 aliphatic rings. The Kier molecular flexibility index (Phi) is 5.87. The van der Waals surface area contributed by atoms with Crippen LogP contribution in [0.4, 0.5) is 17.5 Å². The van der Waals surface area contributed by atoms with Gasteiger partial charge < -0.3 is 15.5 Å². The van der Waals surface area contributed by atoms with Gasteiger partial charge in [-0.2, -0.15) is 10.1 Å². The fourth-order valence-electron chi connectivity index (χ4n) is 2.30. The molecule has 124 valence electrons. The minimum atomic E-state index is 0.435. The minimum Gasteiger partial charge on any atom is -0.352 e. The molecule has 0 saturated carbocycles. The maximum absolute atomic E-state index is 4.49.